The molecule has 148 valence electrons. The van der Waals surface area contributed by atoms with Crippen molar-refractivity contribution in [3.63, 3.8) is 0 Å². The molecular formula is C23H27FN2O2. The SMILES string of the molecule is CC(C)c1cccc(C(C)C)c1NC(=O)[C@@H]1CC(=O)N(c2ccccc2F)C1. The van der Waals surface area contributed by atoms with Gasteiger partial charge < -0.3 is 10.2 Å². The van der Waals surface area contributed by atoms with Crippen molar-refractivity contribution in [2.24, 2.45) is 5.92 Å². The summed E-state index contributed by atoms with van der Waals surface area (Å²) in [4.78, 5) is 26.8. The molecule has 1 fully saturated rings. The van der Waals surface area contributed by atoms with Crippen molar-refractivity contribution in [3.05, 3.63) is 59.4 Å². The average molecular weight is 382 g/mol. The molecule has 0 radical (unpaired) electrons. The molecule has 1 aliphatic heterocycles. The third-order valence-electron chi connectivity index (χ3n) is 5.26. The summed E-state index contributed by atoms with van der Waals surface area (Å²) in [5, 5.41) is 3.08. The van der Waals surface area contributed by atoms with Gasteiger partial charge in [-0.3, -0.25) is 9.59 Å². The fourth-order valence-corrected chi connectivity index (χ4v) is 3.71. The van der Waals surface area contributed by atoms with E-state index in [1.165, 1.54) is 11.0 Å². The molecular weight excluding hydrogens is 355 g/mol. The van der Waals surface area contributed by atoms with Crippen molar-refractivity contribution in [3.8, 4) is 0 Å². The number of hydrogen-bond donors (Lipinski definition) is 1. The number of anilines is 2. The van der Waals surface area contributed by atoms with Gasteiger partial charge in [-0.25, -0.2) is 4.39 Å². The number of hydrogen-bond acceptors (Lipinski definition) is 2. The highest BCUT2D eigenvalue weighted by Crippen LogP contribution is 2.34. The van der Waals surface area contributed by atoms with Crippen molar-refractivity contribution in [1.29, 1.82) is 0 Å². The van der Waals surface area contributed by atoms with E-state index in [0.717, 1.165) is 16.8 Å². The lowest BCUT2D eigenvalue weighted by Gasteiger charge is -2.22. The zero-order valence-corrected chi connectivity index (χ0v) is 16.8. The highest BCUT2D eigenvalue weighted by Gasteiger charge is 2.36. The molecule has 1 N–H and O–H groups in total. The Morgan fingerprint density at radius 1 is 1.04 bits per heavy atom. The van der Waals surface area contributed by atoms with E-state index in [2.05, 4.69) is 33.0 Å². The van der Waals surface area contributed by atoms with Gasteiger partial charge in [0.1, 0.15) is 5.82 Å². The molecule has 4 nitrogen and oxygen atoms in total. The minimum Gasteiger partial charge on any atom is -0.325 e. The number of halogens is 1. The number of para-hydroxylation sites is 2. The fourth-order valence-electron chi connectivity index (χ4n) is 3.71. The first kappa shape index (κ1) is 20.1. The van der Waals surface area contributed by atoms with E-state index in [-0.39, 0.29) is 42.3 Å². The number of benzene rings is 2. The molecule has 0 bridgehead atoms. The number of amides is 2. The monoisotopic (exact) mass is 382 g/mol. The summed E-state index contributed by atoms with van der Waals surface area (Å²) in [6.07, 6.45) is 0.0844. The lowest BCUT2D eigenvalue weighted by atomic mass is 9.92. The van der Waals surface area contributed by atoms with Gasteiger partial charge in [0.25, 0.3) is 0 Å². The van der Waals surface area contributed by atoms with Crippen LogP contribution in [0.4, 0.5) is 15.8 Å². The maximum Gasteiger partial charge on any atom is 0.229 e. The molecule has 0 spiro atoms. The smallest absolute Gasteiger partial charge is 0.229 e. The van der Waals surface area contributed by atoms with Crippen LogP contribution < -0.4 is 10.2 Å². The van der Waals surface area contributed by atoms with Crippen LogP contribution in [0.2, 0.25) is 0 Å². The van der Waals surface area contributed by atoms with Crippen LogP contribution in [-0.2, 0) is 9.59 Å². The number of rotatable bonds is 5. The summed E-state index contributed by atoms with van der Waals surface area (Å²) in [6.45, 7) is 8.55. The number of nitrogens with zero attached hydrogens (tertiary/aromatic N) is 1. The Kier molecular flexibility index (Phi) is 5.82. The Hall–Kier alpha value is -2.69. The van der Waals surface area contributed by atoms with Crippen LogP contribution in [0.3, 0.4) is 0 Å². The van der Waals surface area contributed by atoms with Gasteiger partial charge in [0.2, 0.25) is 11.8 Å². The first-order chi connectivity index (χ1) is 13.3. The van der Waals surface area contributed by atoms with Gasteiger partial charge >= 0.3 is 0 Å². The Bertz CT molecular complexity index is 866. The van der Waals surface area contributed by atoms with E-state index in [0.29, 0.717) is 0 Å². The predicted octanol–water partition coefficient (Wildman–Crippen LogP) is 5.06. The number of nitrogens with one attached hydrogen (secondary N) is 1. The van der Waals surface area contributed by atoms with E-state index in [4.69, 9.17) is 0 Å². The van der Waals surface area contributed by atoms with Gasteiger partial charge in [0.15, 0.2) is 0 Å². The molecule has 2 aromatic carbocycles. The van der Waals surface area contributed by atoms with E-state index in [1.54, 1.807) is 18.2 Å². The van der Waals surface area contributed by atoms with Gasteiger partial charge in [-0.15, -0.1) is 0 Å². The molecule has 28 heavy (non-hydrogen) atoms. The molecule has 1 saturated heterocycles. The summed E-state index contributed by atoms with van der Waals surface area (Å²) in [7, 11) is 0. The average Bonchev–Trinajstić information content (AvgIpc) is 3.03. The van der Waals surface area contributed by atoms with Crippen molar-refractivity contribution < 1.29 is 14.0 Å². The molecule has 1 heterocycles. The van der Waals surface area contributed by atoms with E-state index in [9.17, 15) is 14.0 Å². The van der Waals surface area contributed by atoms with Crippen LogP contribution in [0.15, 0.2) is 42.5 Å². The standard InChI is InChI=1S/C23H27FN2O2/c1-14(2)17-8-7-9-18(15(3)4)22(17)25-23(28)16-12-21(27)26(13-16)20-11-6-5-10-19(20)24/h5-11,14-16H,12-13H2,1-4H3,(H,25,28)/t16-/m1/s1. The molecule has 0 aliphatic carbocycles. The van der Waals surface area contributed by atoms with Crippen LogP contribution in [0, 0.1) is 11.7 Å². The van der Waals surface area contributed by atoms with Crippen LogP contribution in [0.5, 0.6) is 0 Å². The molecule has 2 aromatic rings. The van der Waals surface area contributed by atoms with Gasteiger partial charge in [-0.1, -0.05) is 58.0 Å². The summed E-state index contributed by atoms with van der Waals surface area (Å²) in [5.41, 5.74) is 3.23. The molecule has 5 heteroatoms. The second-order valence-corrected chi connectivity index (χ2v) is 7.97. The molecule has 0 unspecified atom stereocenters. The number of carbonyl (C=O) groups is 2. The van der Waals surface area contributed by atoms with Crippen LogP contribution in [-0.4, -0.2) is 18.4 Å². The largest absolute Gasteiger partial charge is 0.325 e. The first-order valence-corrected chi connectivity index (χ1v) is 9.78. The molecule has 0 aromatic heterocycles. The topological polar surface area (TPSA) is 49.4 Å². The zero-order chi connectivity index (χ0) is 20.4. The molecule has 0 saturated carbocycles. The lowest BCUT2D eigenvalue weighted by molar-refractivity contribution is -0.122. The maximum atomic E-state index is 14.1. The Morgan fingerprint density at radius 2 is 1.64 bits per heavy atom. The third kappa shape index (κ3) is 3.93. The summed E-state index contributed by atoms with van der Waals surface area (Å²) in [5.74, 6) is -0.867. The van der Waals surface area contributed by atoms with Crippen molar-refractivity contribution in [2.75, 3.05) is 16.8 Å². The molecule has 2 amide bonds. The third-order valence-corrected chi connectivity index (χ3v) is 5.26. The molecule has 1 atom stereocenters. The van der Waals surface area contributed by atoms with E-state index >= 15 is 0 Å². The zero-order valence-electron chi connectivity index (χ0n) is 16.8. The van der Waals surface area contributed by atoms with Gasteiger partial charge in [0.05, 0.1) is 11.6 Å². The minimum absolute atomic E-state index is 0.0844. The maximum absolute atomic E-state index is 14.1. The highest BCUT2D eigenvalue weighted by molar-refractivity contribution is 6.04. The Morgan fingerprint density at radius 3 is 2.21 bits per heavy atom. The molecule has 3 rings (SSSR count). The van der Waals surface area contributed by atoms with E-state index < -0.39 is 11.7 Å². The second kappa shape index (κ2) is 8.13. The number of carbonyl (C=O) groups excluding carboxylic acids is 2. The van der Waals surface area contributed by atoms with Crippen molar-refractivity contribution in [2.45, 2.75) is 46.0 Å². The van der Waals surface area contributed by atoms with Crippen LogP contribution >= 0.6 is 0 Å². The Labute approximate surface area is 165 Å². The first-order valence-electron chi connectivity index (χ1n) is 9.78. The summed E-state index contributed by atoms with van der Waals surface area (Å²) in [6, 6.07) is 12.2. The van der Waals surface area contributed by atoms with Crippen molar-refractivity contribution >= 4 is 23.2 Å². The van der Waals surface area contributed by atoms with Gasteiger partial charge in [0, 0.05) is 18.7 Å². The lowest BCUT2D eigenvalue weighted by Crippen LogP contribution is -2.29. The minimum atomic E-state index is -0.507. The summed E-state index contributed by atoms with van der Waals surface area (Å²) < 4.78 is 14.1. The Balaban J connectivity index is 1.83. The van der Waals surface area contributed by atoms with E-state index in [1.807, 2.05) is 18.2 Å². The normalized spacial score (nSPS) is 16.9. The summed E-state index contributed by atoms with van der Waals surface area (Å²) >= 11 is 0. The fraction of sp³-hybridized carbons (Fsp3) is 0.391. The molecule has 1 aliphatic rings. The van der Waals surface area contributed by atoms with Crippen LogP contribution in [0.25, 0.3) is 0 Å². The van der Waals surface area contributed by atoms with Crippen molar-refractivity contribution in [1.82, 2.24) is 0 Å². The predicted molar refractivity (Wildman–Crippen MR) is 110 cm³/mol. The van der Waals surface area contributed by atoms with Crippen LogP contribution in [0.1, 0.15) is 57.1 Å². The quantitative estimate of drug-likeness (QED) is 0.785. The van der Waals surface area contributed by atoms with Gasteiger partial charge in [-0.05, 0) is 35.1 Å². The highest BCUT2D eigenvalue weighted by atomic mass is 19.1. The van der Waals surface area contributed by atoms with Gasteiger partial charge in [-0.2, -0.15) is 0 Å². The second-order valence-electron chi connectivity index (χ2n) is 7.97.